The van der Waals surface area contributed by atoms with Gasteiger partial charge in [-0.25, -0.2) is 14.8 Å². The number of para-hydroxylation sites is 1. The molecule has 4 heterocycles. The van der Waals surface area contributed by atoms with Crippen molar-refractivity contribution in [3.05, 3.63) is 84.8 Å². The number of carbonyl (C=O) groups is 1. The molecule has 0 spiro atoms. The van der Waals surface area contributed by atoms with Gasteiger partial charge in [-0.3, -0.25) is 9.36 Å². The van der Waals surface area contributed by atoms with Crippen molar-refractivity contribution in [3.8, 4) is 11.5 Å². The molecule has 184 valence electrons. The van der Waals surface area contributed by atoms with Gasteiger partial charge in [0.05, 0.1) is 36.6 Å². The van der Waals surface area contributed by atoms with Crippen molar-refractivity contribution in [2.24, 2.45) is 4.99 Å². The van der Waals surface area contributed by atoms with Crippen LogP contribution in [0.1, 0.15) is 31.0 Å². The predicted octanol–water partition coefficient (Wildman–Crippen LogP) is 2.69. The highest BCUT2D eigenvalue weighted by Crippen LogP contribution is 2.40. The Bertz CT molecular complexity index is 1700. The molecule has 1 aliphatic heterocycles. The van der Waals surface area contributed by atoms with E-state index < -0.39 is 12.0 Å². The summed E-state index contributed by atoms with van der Waals surface area (Å²) < 4.78 is 18.5. The van der Waals surface area contributed by atoms with Crippen LogP contribution >= 0.6 is 11.3 Å². The Hall–Kier alpha value is -4.18. The number of methoxy groups -OCH3 is 2. The number of hydrogen-bond acceptors (Lipinski definition) is 8. The van der Waals surface area contributed by atoms with Crippen LogP contribution in [0.25, 0.3) is 17.1 Å². The molecule has 9 nitrogen and oxygen atoms in total. The molecule has 36 heavy (non-hydrogen) atoms. The quantitative estimate of drug-likeness (QED) is 0.405. The smallest absolute Gasteiger partial charge is 0.338 e. The molecule has 1 atom stereocenters. The Morgan fingerprint density at radius 2 is 2.06 bits per heavy atom. The summed E-state index contributed by atoms with van der Waals surface area (Å²) >= 11 is 1.26. The van der Waals surface area contributed by atoms with Crippen LogP contribution in [0.15, 0.2) is 63.8 Å². The van der Waals surface area contributed by atoms with Crippen LogP contribution in [0, 0.1) is 0 Å². The fourth-order valence-corrected chi connectivity index (χ4v) is 5.49. The van der Waals surface area contributed by atoms with Gasteiger partial charge in [0, 0.05) is 28.9 Å². The number of carbonyl (C=O) groups excluding carboxylic acids is 1. The lowest BCUT2D eigenvalue weighted by Gasteiger charge is -2.26. The van der Waals surface area contributed by atoms with E-state index in [-0.39, 0.29) is 17.7 Å². The average Bonchev–Trinajstić information content (AvgIpc) is 3.43. The van der Waals surface area contributed by atoms with Crippen LogP contribution in [0.5, 0.6) is 11.5 Å². The lowest BCUT2D eigenvalue weighted by molar-refractivity contribution is -0.139. The molecule has 0 saturated heterocycles. The number of hydrogen-bond donors (Lipinski definition) is 1. The van der Waals surface area contributed by atoms with Gasteiger partial charge >= 0.3 is 5.97 Å². The largest absolute Gasteiger partial charge is 0.493 e. The SMILES string of the molecule is CCOC(=O)C1=C(C)N=c2s/c(=C\c3c[nH]c4ncccc34)c(=O)n2C1c1cccc(OC)c1OC. The molecule has 1 aliphatic rings. The number of aromatic amines is 1. The molecule has 0 aliphatic carbocycles. The fourth-order valence-electron chi connectivity index (χ4n) is 4.45. The molecule has 5 rings (SSSR count). The van der Waals surface area contributed by atoms with Crippen molar-refractivity contribution in [1.29, 1.82) is 0 Å². The topological polar surface area (TPSA) is 108 Å². The van der Waals surface area contributed by atoms with Crippen LogP contribution in [0.2, 0.25) is 0 Å². The first-order valence-corrected chi connectivity index (χ1v) is 12.1. The zero-order valence-electron chi connectivity index (χ0n) is 20.2. The molecule has 1 N–H and O–H groups in total. The summed E-state index contributed by atoms with van der Waals surface area (Å²) in [6.07, 6.45) is 5.33. The Morgan fingerprint density at radius 3 is 2.81 bits per heavy atom. The number of benzene rings is 1. The number of H-pyrrole nitrogens is 1. The summed E-state index contributed by atoms with van der Waals surface area (Å²) in [5, 5.41) is 0.901. The molecule has 0 bridgehead atoms. The number of thiazole rings is 1. The summed E-state index contributed by atoms with van der Waals surface area (Å²) in [7, 11) is 3.06. The summed E-state index contributed by atoms with van der Waals surface area (Å²) in [6.45, 7) is 3.67. The number of aromatic nitrogens is 3. The first-order valence-electron chi connectivity index (χ1n) is 11.3. The van der Waals surface area contributed by atoms with E-state index in [4.69, 9.17) is 14.2 Å². The molecule has 1 aromatic carbocycles. The van der Waals surface area contributed by atoms with Crippen molar-refractivity contribution in [1.82, 2.24) is 14.5 Å². The summed E-state index contributed by atoms with van der Waals surface area (Å²) in [4.78, 5) is 39.5. The number of ether oxygens (including phenoxy) is 3. The minimum atomic E-state index is -0.808. The number of fused-ring (bicyclic) bond motifs is 2. The van der Waals surface area contributed by atoms with Gasteiger partial charge in [0.1, 0.15) is 11.7 Å². The first-order chi connectivity index (χ1) is 17.5. The number of allylic oxidation sites excluding steroid dienone is 1. The zero-order valence-corrected chi connectivity index (χ0v) is 21.0. The first kappa shape index (κ1) is 23.6. The Balaban J connectivity index is 1.79. The van der Waals surface area contributed by atoms with E-state index in [1.54, 1.807) is 32.2 Å². The molecule has 10 heteroatoms. The monoisotopic (exact) mass is 504 g/mol. The van der Waals surface area contributed by atoms with E-state index in [0.717, 1.165) is 16.6 Å². The standard InChI is InChI=1S/C26H24N4O5S/c1-5-35-25(32)20-14(2)29-26-30(21(20)17-8-6-10-18(33-3)22(17)34-4)24(31)19(36-26)12-15-13-28-23-16(15)9-7-11-27-23/h6-13,21H,5H2,1-4H3,(H,27,28)/b19-12-. The molecule has 0 saturated carbocycles. The van der Waals surface area contributed by atoms with E-state index >= 15 is 0 Å². The Kier molecular flexibility index (Phi) is 6.19. The van der Waals surface area contributed by atoms with Gasteiger partial charge in [-0.05, 0) is 38.1 Å². The number of pyridine rings is 1. The minimum absolute atomic E-state index is 0.191. The van der Waals surface area contributed by atoms with Gasteiger partial charge in [0.15, 0.2) is 16.3 Å². The van der Waals surface area contributed by atoms with Crippen LogP contribution in [0.4, 0.5) is 0 Å². The normalized spacial score (nSPS) is 15.6. The molecular weight excluding hydrogens is 480 g/mol. The van der Waals surface area contributed by atoms with Gasteiger partial charge in [-0.15, -0.1) is 0 Å². The van der Waals surface area contributed by atoms with E-state index in [9.17, 15) is 9.59 Å². The molecule has 4 aromatic rings. The highest BCUT2D eigenvalue weighted by molar-refractivity contribution is 7.07. The third-order valence-corrected chi connectivity index (χ3v) is 7.00. The third kappa shape index (κ3) is 3.79. The van der Waals surface area contributed by atoms with Gasteiger partial charge < -0.3 is 19.2 Å². The van der Waals surface area contributed by atoms with Gasteiger partial charge in [0.2, 0.25) is 0 Å². The van der Waals surface area contributed by atoms with Crippen molar-refractivity contribution in [2.75, 3.05) is 20.8 Å². The summed E-state index contributed by atoms with van der Waals surface area (Å²) in [5.74, 6) is 0.380. The summed E-state index contributed by atoms with van der Waals surface area (Å²) in [5.41, 5.74) is 2.64. The van der Waals surface area contributed by atoms with Gasteiger partial charge in [-0.2, -0.15) is 0 Å². The van der Waals surface area contributed by atoms with Crippen LogP contribution in [-0.2, 0) is 9.53 Å². The molecule has 0 amide bonds. The Morgan fingerprint density at radius 1 is 1.22 bits per heavy atom. The van der Waals surface area contributed by atoms with Crippen LogP contribution < -0.4 is 24.4 Å². The molecule has 0 fully saturated rings. The van der Waals surface area contributed by atoms with Crippen molar-refractivity contribution in [3.63, 3.8) is 0 Å². The molecule has 0 radical (unpaired) electrons. The second-order valence-corrected chi connectivity index (χ2v) is 9.04. The molecule has 3 aromatic heterocycles. The van der Waals surface area contributed by atoms with Gasteiger partial charge in [-0.1, -0.05) is 23.5 Å². The Labute approximate surface area is 210 Å². The van der Waals surface area contributed by atoms with Crippen molar-refractivity contribution < 1.29 is 19.0 Å². The zero-order chi connectivity index (χ0) is 25.4. The molecule has 1 unspecified atom stereocenters. The fraction of sp³-hybridized carbons (Fsp3) is 0.231. The second-order valence-electron chi connectivity index (χ2n) is 8.03. The predicted molar refractivity (Wildman–Crippen MR) is 136 cm³/mol. The van der Waals surface area contributed by atoms with Crippen molar-refractivity contribution in [2.45, 2.75) is 19.9 Å². The highest BCUT2D eigenvalue weighted by atomic mass is 32.1. The van der Waals surface area contributed by atoms with E-state index in [1.807, 2.05) is 30.5 Å². The molecular formula is C26H24N4O5S. The highest BCUT2D eigenvalue weighted by Gasteiger charge is 2.35. The van der Waals surface area contributed by atoms with Crippen molar-refractivity contribution >= 4 is 34.4 Å². The van der Waals surface area contributed by atoms with E-state index in [0.29, 0.717) is 32.1 Å². The second kappa shape index (κ2) is 9.46. The maximum Gasteiger partial charge on any atom is 0.338 e. The van der Waals surface area contributed by atoms with E-state index in [1.165, 1.54) is 30.1 Å². The minimum Gasteiger partial charge on any atom is -0.493 e. The maximum absolute atomic E-state index is 13.9. The maximum atomic E-state index is 13.9. The summed E-state index contributed by atoms with van der Waals surface area (Å²) in [6, 6.07) is 8.35. The van der Waals surface area contributed by atoms with Gasteiger partial charge in [0.25, 0.3) is 5.56 Å². The number of rotatable bonds is 6. The number of esters is 1. The number of nitrogens with zero attached hydrogens (tertiary/aromatic N) is 3. The van der Waals surface area contributed by atoms with Crippen LogP contribution in [0.3, 0.4) is 0 Å². The average molecular weight is 505 g/mol. The van der Waals surface area contributed by atoms with Crippen LogP contribution in [-0.4, -0.2) is 41.3 Å². The third-order valence-electron chi connectivity index (χ3n) is 6.01. The lowest BCUT2D eigenvalue weighted by atomic mass is 9.94. The lowest BCUT2D eigenvalue weighted by Crippen LogP contribution is -2.40. The van der Waals surface area contributed by atoms with E-state index in [2.05, 4.69) is 15.0 Å². The number of nitrogens with one attached hydrogen (secondary N) is 1.